The topological polar surface area (TPSA) is 85.4 Å². The summed E-state index contributed by atoms with van der Waals surface area (Å²) in [5.41, 5.74) is 1.38. The monoisotopic (exact) mass is 452 g/mol. The maximum absolute atomic E-state index is 12.7. The lowest BCUT2D eigenvalue weighted by atomic mass is 10.2. The first-order valence-corrected chi connectivity index (χ1v) is 11.1. The molecule has 0 saturated carbocycles. The highest BCUT2D eigenvalue weighted by atomic mass is 35.5. The third kappa shape index (κ3) is 4.68. The first-order valence-electron chi connectivity index (χ1n) is 9.29. The SMILES string of the molecule is Cc1ccc(Cl)cc1S(=O)(=O)NC(=O)c1cccc(Oc2ccc3ccccc3n2)c1. The lowest BCUT2D eigenvalue weighted by molar-refractivity contribution is 0.0981. The average molecular weight is 453 g/mol. The average Bonchev–Trinajstić information content (AvgIpc) is 2.75. The number of nitrogens with zero attached hydrogens (tertiary/aromatic N) is 1. The Bertz CT molecular complexity index is 1400. The van der Waals surface area contributed by atoms with E-state index in [-0.39, 0.29) is 15.5 Å². The molecule has 0 aliphatic rings. The highest BCUT2D eigenvalue weighted by Crippen LogP contribution is 2.24. The predicted octanol–water partition coefficient (Wildman–Crippen LogP) is 5.11. The van der Waals surface area contributed by atoms with E-state index in [1.807, 2.05) is 30.3 Å². The number of fused-ring (bicyclic) bond motifs is 1. The van der Waals surface area contributed by atoms with Crippen LogP contribution in [0.2, 0.25) is 5.02 Å². The number of pyridine rings is 1. The molecule has 0 spiro atoms. The molecule has 1 amide bonds. The van der Waals surface area contributed by atoms with Crippen LogP contribution >= 0.6 is 11.6 Å². The largest absolute Gasteiger partial charge is 0.439 e. The smallest absolute Gasteiger partial charge is 0.265 e. The summed E-state index contributed by atoms with van der Waals surface area (Å²) in [6.07, 6.45) is 0. The van der Waals surface area contributed by atoms with Crippen LogP contribution in [-0.4, -0.2) is 19.3 Å². The fourth-order valence-electron chi connectivity index (χ4n) is 3.03. The molecule has 0 fully saturated rings. The molecule has 0 atom stereocenters. The summed E-state index contributed by atoms with van der Waals surface area (Å²) >= 11 is 5.91. The molecule has 6 nitrogen and oxygen atoms in total. The van der Waals surface area contributed by atoms with Crippen molar-refractivity contribution in [1.29, 1.82) is 0 Å². The maximum atomic E-state index is 12.7. The molecule has 0 aliphatic heterocycles. The third-order valence-corrected chi connectivity index (χ3v) is 6.27. The number of carbonyl (C=O) groups is 1. The van der Waals surface area contributed by atoms with Gasteiger partial charge >= 0.3 is 0 Å². The number of amides is 1. The lowest BCUT2D eigenvalue weighted by Gasteiger charge is -2.11. The van der Waals surface area contributed by atoms with E-state index in [1.54, 1.807) is 37.3 Å². The van der Waals surface area contributed by atoms with E-state index in [0.717, 1.165) is 10.9 Å². The van der Waals surface area contributed by atoms with Crippen LogP contribution in [0.25, 0.3) is 10.9 Å². The minimum atomic E-state index is -4.09. The van der Waals surface area contributed by atoms with E-state index in [4.69, 9.17) is 16.3 Å². The first-order chi connectivity index (χ1) is 14.8. The van der Waals surface area contributed by atoms with Crippen LogP contribution in [0.3, 0.4) is 0 Å². The van der Waals surface area contributed by atoms with Crippen LogP contribution in [0.4, 0.5) is 0 Å². The molecule has 8 heteroatoms. The molecule has 0 radical (unpaired) electrons. The van der Waals surface area contributed by atoms with Crippen molar-refractivity contribution in [3.8, 4) is 11.6 Å². The molecule has 1 aromatic heterocycles. The molecule has 0 aliphatic carbocycles. The standard InChI is InChI=1S/C23H17ClN2O4S/c1-15-9-11-18(24)14-21(15)31(28,29)26-23(27)17-6-4-7-19(13-17)30-22-12-10-16-5-2-3-8-20(16)25-22/h2-14H,1H3,(H,26,27). The molecular formula is C23H17ClN2O4S. The minimum absolute atomic E-state index is 0.0545. The van der Waals surface area contributed by atoms with Crippen LogP contribution in [0.1, 0.15) is 15.9 Å². The van der Waals surface area contributed by atoms with E-state index in [9.17, 15) is 13.2 Å². The van der Waals surface area contributed by atoms with E-state index >= 15 is 0 Å². The van der Waals surface area contributed by atoms with Crippen molar-refractivity contribution >= 4 is 38.4 Å². The minimum Gasteiger partial charge on any atom is -0.439 e. The Balaban J connectivity index is 1.55. The number of hydrogen-bond acceptors (Lipinski definition) is 5. The molecular weight excluding hydrogens is 436 g/mol. The summed E-state index contributed by atoms with van der Waals surface area (Å²) in [6.45, 7) is 1.63. The van der Waals surface area contributed by atoms with Crippen LogP contribution in [-0.2, 0) is 10.0 Å². The van der Waals surface area contributed by atoms with Crippen molar-refractivity contribution < 1.29 is 17.9 Å². The summed E-state index contributed by atoms with van der Waals surface area (Å²) in [6, 6.07) is 21.9. The number of carbonyl (C=O) groups excluding carboxylic acids is 1. The van der Waals surface area contributed by atoms with E-state index < -0.39 is 15.9 Å². The second-order valence-electron chi connectivity index (χ2n) is 6.82. The van der Waals surface area contributed by atoms with Crippen molar-refractivity contribution in [1.82, 2.24) is 9.71 Å². The van der Waals surface area contributed by atoms with Crippen LogP contribution in [0.15, 0.2) is 83.8 Å². The number of nitrogens with one attached hydrogen (secondary N) is 1. The summed E-state index contributed by atoms with van der Waals surface area (Å²) in [5, 5.41) is 1.24. The highest BCUT2D eigenvalue weighted by Gasteiger charge is 2.21. The molecule has 1 N–H and O–H groups in total. The number of sulfonamides is 1. The summed E-state index contributed by atoms with van der Waals surface area (Å²) in [4.78, 5) is 17.0. The molecule has 4 rings (SSSR count). The molecule has 0 bridgehead atoms. The van der Waals surface area contributed by atoms with Gasteiger partial charge < -0.3 is 4.74 Å². The van der Waals surface area contributed by atoms with Gasteiger partial charge in [0, 0.05) is 22.0 Å². The quantitative estimate of drug-likeness (QED) is 0.455. The van der Waals surface area contributed by atoms with Crippen LogP contribution < -0.4 is 9.46 Å². The maximum Gasteiger partial charge on any atom is 0.265 e. The van der Waals surface area contributed by atoms with Crippen LogP contribution in [0.5, 0.6) is 11.6 Å². The number of aryl methyl sites for hydroxylation is 1. The molecule has 156 valence electrons. The van der Waals surface area contributed by atoms with Crippen molar-refractivity contribution in [2.24, 2.45) is 0 Å². The number of aromatic nitrogens is 1. The van der Waals surface area contributed by atoms with Gasteiger partial charge in [-0.1, -0.05) is 41.9 Å². The normalized spacial score (nSPS) is 11.3. The van der Waals surface area contributed by atoms with Gasteiger partial charge in [0.2, 0.25) is 5.88 Å². The van der Waals surface area contributed by atoms with Crippen molar-refractivity contribution in [3.05, 3.63) is 95.0 Å². The van der Waals surface area contributed by atoms with Gasteiger partial charge in [-0.15, -0.1) is 0 Å². The Labute approximate surface area is 184 Å². The Morgan fingerprint density at radius 2 is 1.77 bits per heavy atom. The van der Waals surface area contributed by atoms with Gasteiger partial charge in [0.15, 0.2) is 0 Å². The van der Waals surface area contributed by atoms with Crippen molar-refractivity contribution in [2.45, 2.75) is 11.8 Å². The Morgan fingerprint density at radius 1 is 0.968 bits per heavy atom. The fourth-order valence-corrected chi connectivity index (χ4v) is 4.51. The zero-order chi connectivity index (χ0) is 22.0. The van der Waals surface area contributed by atoms with Gasteiger partial charge in [-0.05, 0) is 55.0 Å². The first kappa shape index (κ1) is 20.8. The molecule has 3 aromatic carbocycles. The van der Waals surface area contributed by atoms with Gasteiger partial charge in [0.05, 0.1) is 10.4 Å². The zero-order valence-corrected chi connectivity index (χ0v) is 17.9. The fraction of sp³-hybridized carbons (Fsp3) is 0.0435. The van der Waals surface area contributed by atoms with Gasteiger partial charge in [0.1, 0.15) is 5.75 Å². The highest BCUT2D eigenvalue weighted by molar-refractivity contribution is 7.90. The number of halogens is 1. The Hall–Kier alpha value is -3.42. The number of para-hydroxylation sites is 1. The number of ether oxygens (including phenoxy) is 1. The lowest BCUT2D eigenvalue weighted by Crippen LogP contribution is -2.31. The van der Waals surface area contributed by atoms with Gasteiger partial charge in [-0.3, -0.25) is 4.79 Å². The van der Waals surface area contributed by atoms with Gasteiger partial charge in [-0.25, -0.2) is 18.1 Å². The Morgan fingerprint density at radius 3 is 2.61 bits per heavy atom. The van der Waals surface area contributed by atoms with Crippen molar-refractivity contribution in [2.75, 3.05) is 0 Å². The molecule has 0 saturated heterocycles. The second-order valence-corrected chi connectivity index (χ2v) is 8.90. The third-order valence-electron chi connectivity index (χ3n) is 4.56. The predicted molar refractivity (Wildman–Crippen MR) is 119 cm³/mol. The number of hydrogen-bond donors (Lipinski definition) is 1. The molecule has 0 unspecified atom stereocenters. The Kier molecular flexibility index (Phi) is 5.63. The van der Waals surface area contributed by atoms with Crippen molar-refractivity contribution in [3.63, 3.8) is 0 Å². The van der Waals surface area contributed by atoms with Gasteiger partial charge in [-0.2, -0.15) is 0 Å². The summed E-state index contributed by atoms with van der Waals surface area (Å²) < 4.78 is 33.2. The zero-order valence-electron chi connectivity index (χ0n) is 16.4. The van der Waals surface area contributed by atoms with E-state index in [1.165, 1.54) is 18.2 Å². The van der Waals surface area contributed by atoms with E-state index in [0.29, 0.717) is 17.2 Å². The number of benzene rings is 3. The number of rotatable bonds is 5. The molecule has 31 heavy (non-hydrogen) atoms. The van der Waals surface area contributed by atoms with Crippen LogP contribution in [0, 0.1) is 6.92 Å². The van der Waals surface area contributed by atoms with E-state index in [2.05, 4.69) is 9.71 Å². The molecule has 4 aromatic rings. The second kappa shape index (κ2) is 8.37. The summed E-state index contributed by atoms with van der Waals surface area (Å²) in [7, 11) is -4.09. The van der Waals surface area contributed by atoms with Gasteiger partial charge in [0.25, 0.3) is 15.9 Å². The summed E-state index contributed by atoms with van der Waals surface area (Å²) in [5.74, 6) is -0.0681. The molecule has 1 heterocycles.